The molecule has 3 atom stereocenters. The molecule has 0 bridgehead atoms. The number of ether oxygens (including phenoxy) is 1. The summed E-state index contributed by atoms with van der Waals surface area (Å²) < 4.78 is 5.38. The molecule has 0 saturated carbocycles. The fraction of sp³-hybridized carbons (Fsp3) is 0.857. The van der Waals surface area contributed by atoms with Gasteiger partial charge in [0.15, 0.2) is 0 Å². The molecule has 0 aromatic carbocycles. The van der Waals surface area contributed by atoms with E-state index < -0.39 is 11.6 Å². The summed E-state index contributed by atoms with van der Waals surface area (Å²) in [7, 11) is 0. The summed E-state index contributed by atoms with van der Waals surface area (Å²) in [5.41, 5.74) is -0.792. The van der Waals surface area contributed by atoms with Crippen LogP contribution in [0.2, 0.25) is 0 Å². The lowest BCUT2D eigenvalue weighted by molar-refractivity contribution is -0.160. The largest absolute Gasteiger partial charge is 0.379 e. The lowest BCUT2D eigenvalue weighted by Crippen LogP contribution is -2.71. The Morgan fingerprint density at radius 1 is 1.47 bits per heavy atom. The summed E-state index contributed by atoms with van der Waals surface area (Å²) in [6.45, 7) is 8.87. The first-order valence-electron chi connectivity index (χ1n) is 7.11. The molecular formula is C14H24N2O3. The second-order valence-electron chi connectivity index (χ2n) is 6.12. The lowest BCUT2D eigenvalue weighted by atomic mass is 9.88. The van der Waals surface area contributed by atoms with E-state index in [4.69, 9.17) is 4.74 Å². The van der Waals surface area contributed by atoms with Gasteiger partial charge >= 0.3 is 0 Å². The smallest absolute Gasteiger partial charge is 0.246 e. The van der Waals surface area contributed by atoms with Crippen molar-refractivity contribution in [3.63, 3.8) is 0 Å². The average Bonchev–Trinajstić information content (AvgIpc) is 2.86. The first-order chi connectivity index (χ1) is 8.89. The molecule has 5 heteroatoms. The zero-order chi connectivity index (χ0) is 14.2. The molecule has 0 radical (unpaired) electrons. The van der Waals surface area contributed by atoms with Crippen LogP contribution in [0.3, 0.4) is 0 Å². The third kappa shape index (κ3) is 2.36. The van der Waals surface area contributed by atoms with Gasteiger partial charge in [-0.3, -0.25) is 9.59 Å². The maximum absolute atomic E-state index is 12.7. The quantitative estimate of drug-likeness (QED) is 0.828. The van der Waals surface area contributed by atoms with Crippen molar-refractivity contribution in [1.29, 1.82) is 0 Å². The summed E-state index contributed by atoms with van der Waals surface area (Å²) in [5, 5.41) is 2.89. The Kier molecular flexibility index (Phi) is 3.85. The van der Waals surface area contributed by atoms with Gasteiger partial charge in [-0.1, -0.05) is 20.3 Å². The van der Waals surface area contributed by atoms with E-state index in [1.807, 2.05) is 27.7 Å². The molecule has 2 aliphatic rings. The van der Waals surface area contributed by atoms with Crippen molar-refractivity contribution in [2.24, 2.45) is 5.92 Å². The van der Waals surface area contributed by atoms with Crippen LogP contribution < -0.4 is 5.32 Å². The monoisotopic (exact) mass is 268 g/mol. The Morgan fingerprint density at radius 2 is 2.16 bits per heavy atom. The van der Waals surface area contributed by atoms with E-state index in [0.717, 1.165) is 12.8 Å². The minimum Gasteiger partial charge on any atom is -0.379 e. The van der Waals surface area contributed by atoms with Gasteiger partial charge in [-0.25, -0.2) is 0 Å². The number of hydrogen-bond acceptors (Lipinski definition) is 3. The van der Waals surface area contributed by atoms with Crippen molar-refractivity contribution in [3.8, 4) is 0 Å². The molecule has 0 spiro atoms. The molecule has 108 valence electrons. The molecule has 0 aromatic heterocycles. The number of carbonyl (C=O) groups is 2. The van der Waals surface area contributed by atoms with Crippen LogP contribution >= 0.6 is 0 Å². The highest BCUT2D eigenvalue weighted by molar-refractivity contribution is 5.99. The van der Waals surface area contributed by atoms with Crippen LogP contribution in [0.1, 0.15) is 40.5 Å². The van der Waals surface area contributed by atoms with Crippen LogP contribution in [0.4, 0.5) is 0 Å². The van der Waals surface area contributed by atoms with Crippen LogP contribution in [0.25, 0.3) is 0 Å². The van der Waals surface area contributed by atoms with E-state index >= 15 is 0 Å². The van der Waals surface area contributed by atoms with Crippen molar-refractivity contribution in [1.82, 2.24) is 10.2 Å². The summed E-state index contributed by atoms with van der Waals surface area (Å²) in [5.74, 6) is 0.121. The molecule has 0 aliphatic carbocycles. The summed E-state index contributed by atoms with van der Waals surface area (Å²) in [6.07, 6.45) is 1.68. The lowest BCUT2D eigenvalue weighted by Gasteiger charge is -2.48. The second kappa shape index (κ2) is 5.12. The summed E-state index contributed by atoms with van der Waals surface area (Å²) >= 11 is 0. The van der Waals surface area contributed by atoms with Crippen molar-refractivity contribution in [3.05, 3.63) is 0 Å². The number of amides is 2. The maximum atomic E-state index is 12.7. The van der Waals surface area contributed by atoms with E-state index in [1.165, 1.54) is 0 Å². The minimum atomic E-state index is -0.792. The molecule has 19 heavy (non-hydrogen) atoms. The number of nitrogens with one attached hydrogen (secondary N) is 1. The van der Waals surface area contributed by atoms with E-state index in [9.17, 15) is 9.59 Å². The van der Waals surface area contributed by atoms with Gasteiger partial charge in [-0.05, 0) is 26.2 Å². The van der Waals surface area contributed by atoms with Crippen molar-refractivity contribution in [2.75, 3.05) is 13.2 Å². The van der Waals surface area contributed by atoms with E-state index in [0.29, 0.717) is 13.2 Å². The highest BCUT2D eigenvalue weighted by Crippen LogP contribution is 2.29. The number of carbonyl (C=O) groups excluding carboxylic acids is 2. The standard InChI is InChI=1S/C14H24N2O3/c1-5-9(2)11-12(17)16(10-6-7-19-8-10)14(3,4)13(18)15-11/h9-11H,5-8H2,1-4H3,(H,15,18). The van der Waals surface area contributed by atoms with Gasteiger partial charge in [0.05, 0.1) is 12.6 Å². The van der Waals surface area contributed by atoms with Crippen LogP contribution in [-0.2, 0) is 14.3 Å². The van der Waals surface area contributed by atoms with Gasteiger partial charge in [0.2, 0.25) is 11.8 Å². The predicted octanol–water partition coefficient (Wildman–Crippen LogP) is 0.927. The normalized spacial score (nSPS) is 32.3. The molecule has 1 N–H and O–H groups in total. The Hall–Kier alpha value is -1.10. The van der Waals surface area contributed by atoms with Crippen LogP contribution in [0.5, 0.6) is 0 Å². The number of hydrogen-bond donors (Lipinski definition) is 1. The fourth-order valence-electron chi connectivity index (χ4n) is 2.90. The highest BCUT2D eigenvalue weighted by atomic mass is 16.5. The molecule has 2 saturated heterocycles. The first kappa shape index (κ1) is 14.3. The summed E-state index contributed by atoms with van der Waals surface area (Å²) in [4.78, 5) is 26.8. The van der Waals surface area contributed by atoms with Gasteiger partial charge in [0.1, 0.15) is 11.6 Å². The van der Waals surface area contributed by atoms with Gasteiger partial charge < -0.3 is 15.0 Å². The number of piperazine rings is 1. The molecule has 5 nitrogen and oxygen atoms in total. The second-order valence-corrected chi connectivity index (χ2v) is 6.12. The SMILES string of the molecule is CCC(C)C1NC(=O)C(C)(C)N(C2CCOC2)C1=O. The zero-order valence-corrected chi connectivity index (χ0v) is 12.2. The molecule has 2 rings (SSSR count). The third-order valence-electron chi connectivity index (χ3n) is 4.43. The Balaban J connectivity index is 2.29. The number of rotatable bonds is 3. The average molecular weight is 268 g/mol. The highest BCUT2D eigenvalue weighted by Gasteiger charge is 2.50. The summed E-state index contributed by atoms with van der Waals surface area (Å²) in [6, 6.07) is -0.369. The molecule has 2 aliphatic heterocycles. The van der Waals surface area contributed by atoms with E-state index in [2.05, 4.69) is 5.32 Å². The molecule has 2 fully saturated rings. The third-order valence-corrected chi connectivity index (χ3v) is 4.43. The van der Waals surface area contributed by atoms with Gasteiger partial charge in [-0.2, -0.15) is 0 Å². The van der Waals surface area contributed by atoms with Crippen molar-refractivity contribution >= 4 is 11.8 Å². The van der Waals surface area contributed by atoms with Crippen LogP contribution in [0, 0.1) is 5.92 Å². The molecule has 2 heterocycles. The van der Waals surface area contributed by atoms with Crippen LogP contribution in [0.15, 0.2) is 0 Å². The van der Waals surface area contributed by atoms with Gasteiger partial charge in [-0.15, -0.1) is 0 Å². The van der Waals surface area contributed by atoms with Crippen molar-refractivity contribution < 1.29 is 14.3 Å². The Bertz CT molecular complexity index is 375. The van der Waals surface area contributed by atoms with Crippen molar-refractivity contribution in [2.45, 2.75) is 58.2 Å². The minimum absolute atomic E-state index is 0.0279. The van der Waals surface area contributed by atoms with Gasteiger partial charge in [0, 0.05) is 6.61 Å². The fourth-order valence-corrected chi connectivity index (χ4v) is 2.90. The zero-order valence-electron chi connectivity index (χ0n) is 12.2. The molecule has 3 unspecified atom stereocenters. The maximum Gasteiger partial charge on any atom is 0.246 e. The van der Waals surface area contributed by atoms with E-state index in [-0.39, 0.29) is 23.8 Å². The Labute approximate surface area is 114 Å². The number of nitrogens with zero attached hydrogens (tertiary/aromatic N) is 1. The molecule has 0 aromatic rings. The predicted molar refractivity (Wildman–Crippen MR) is 71.5 cm³/mol. The molecular weight excluding hydrogens is 244 g/mol. The molecule has 2 amide bonds. The topological polar surface area (TPSA) is 58.6 Å². The Morgan fingerprint density at radius 3 is 2.68 bits per heavy atom. The first-order valence-corrected chi connectivity index (χ1v) is 7.11. The van der Waals surface area contributed by atoms with E-state index in [1.54, 1.807) is 4.90 Å². The van der Waals surface area contributed by atoms with Crippen LogP contribution in [-0.4, -0.2) is 47.6 Å². The van der Waals surface area contributed by atoms with Gasteiger partial charge in [0.25, 0.3) is 0 Å².